The molecule has 4 rings (SSSR count). The summed E-state index contributed by atoms with van der Waals surface area (Å²) in [7, 11) is 0. The van der Waals surface area contributed by atoms with Crippen LogP contribution in [0.25, 0.3) is 11.5 Å². The van der Waals surface area contributed by atoms with Gasteiger partial charge >= 0.3 is 6.03 Å². The summed E-state index contributed by atoms with van der Waals surface area (Å²) >= 11 is 5.93. The minimum atomic E-state index is -0.704. The third-order valence-electron chi connectivity index (χ3n) is 4.62. The van der Waals surface area contributed by atoms with E-state index in [0.717, 1.165) is 5.56 Å². The maximum atomic E-state index is 13.8. The van der Waals surface area contributed by atoms with E-state index in [-0.39, 0.29) is 5.89 Å². The summed E-state index contributed by atoms with van der Waals surface area (Å²) in [4.78, 5) is 12.6. The minimum absolute atomic E-state index is 0.210. The summed E-state index contributed by atoms with van der Waals surface area (Å²) in [6.45, 7) is 1.65. The van der Waals surface area contributed by atoms with Gasteiger partial charge in [0.15, 0.2) is 0 Å². The first-order chi connectivity index (χ1) is 15.0. The molecule has 6 nitrogen and oxygen atoms in total. The monoisotopic (exact) mass is 436 g/mol. The maximum Gasteiger partial charge on any atom is 0.320 e. The minimum Gasteiger partial charge on any atom is -0.418 e. The van der Waals surface area contributed by atoms with Crippen LogP contribution < -0.4 is 10.6 Å². The van der Waals surface area contributed by atoms with Crippen molar-refractivity contribution in [3.63, 3.8) is 0 Å². The van der Waals surface area contributed by atoms with E-state index in [1.54, 1.807) is 43.3 Å². The molecule has 0 aliphatic rings. The molecular formula is C23H18ClFN4O2. The van der Waals surface area contributed by atoms with Crippen molar-refractivity contribution in [1.29, 1.82) is 0 Å². The zero-order chi connectivity index (χ0) is 21.8. The lowest BCUT2D eigenvalue weighted by molar-refractivity contribution is 0.248. The maximum absolute atomic E-state index is 13.8. The smallest absolute Gasteiger partial charge is 0.320 e. The van der Waals surface area contributed by atoms with Gasteiger partial charge in [-0.25, -0.2) is 9.18 Å². The van der Waals surface area contributed by atoms with Gasteiger partial charge in [0, 0.05) is 16.3 Å². The summed E-state index contributed by atoms with van der Waals surface area (Å²) in [5.74, 6) is 0.110. The number of aryl methyl sites for hydroxylation is 1. The number of nitrogens with one attached hydrogen (secondary N) is 2. The van der Waals surface area contributed by atoms with Gasteiger partial charge in [0.2, 0.25) is 11.8 Å². The molecule has 0 bridgehead atoms. The second-order valence-electron chi connectivity index (χ2n) is 6.86. The Balaban J connectivity index is 1.59. The highest BCUT2D eigenvalue weighted by molar-refractivity contribution is 6.30. The van der Waals surface area contributed by atoms with Crippen LogP contribution in [0.3, 0.4) is 0 Å². The van der Waals surface area contributed by atoms with Crippen LogP contribution >= 0.6 is 11.6 Å². The van der Waals surface area contributed by atoms with Crippen LogP contribution in [0.1, 0.15) is 23.1 Å². The number of carbonyl (C=O) groups excluding carboxylic acids is 1. The third kappa shape index (κ3) is 4.90. The van der Waals surface area contributed by atoms with Crippen LogP contribution in [0.2, 0.25) is 5.02 Å². The van der Waals surface area contributed by atoms with Crippen LogP contribution in [-0.2, 0) is 0 Å². The van der Waals surface area contributed by atoms with E-state index in [0.29, 0.717) is 27.7 Å². The van der Waals surface area contributed by atoms with Crippen LogP contribution in [0.15, 0.2) is 77.2 Å². The molecular weight excluding hydrogens is 419 g/mol. The van der Waals surface area contributed by atoms with Crippen LogP contribution in [0.4, 0.5) is 14.9 Å². The average Bonchev–Trinajstić information content (AvgIpc) is 3.26. The molecule has 0 aliphatic heterocycles. The number of rotatable bonds is 5. The standard InChI is InChI=1S/C23H18ClFN4O2/c1-14-7-12-18(13-19(14)25)26-23(30)27-20(15-5-3-2-4-6-15)22-29-28-21(31-22)16-8-10-17(24)11-9-16/h2-13,20H,1H3,(H2,26,27,30)/t20-/m1/s1. The number of hydrogen-bond acceptors (Lipinski definition) is 4. The molecule has 0 fully saturated rings. The molecule has 0 aliphatic carbocycles. The number of carbonyl (C=O) groups is 1. The number of urea groups is 1. The average molecular weight is 437 g/mol. The molecule has 1 heterocycles. The predicted octanol–water partition coefficient (Wildman–Crippen LogP) is 5.75. The lowest BCUT2D eigenvalue weighted by Crippen LogP contribution is -2.33. The quantitative estimate of drug-likeness (QED) is 0.417. The SMILES string of the molecule is Cc1ccc(NC(=O)N[C@H](c2ccccc2)c2nnc(-c3ccc(Cl)cc3)o2)cc1F. The number of nitrogens with zero attached hydrogens (tertiary/aromatic N) is 2. The molecule has 31 heavy (non-hydrogen) atoms. The molecule has 0 spiro atoms. The van der Waals surface area contributed by atoms with Gasteiger partial charge in [-0.15, -0.1) is 10.2 Å². The first-order valence-corrected chi connectivity index (χ1v) is 9.85. The topological polar surface area (TPSA) is 80.0 Å². The Morgan fingerprint density at radius 2 is 1.77 bits per heavy atom. The van der Waals surface area contributed by atoms with Gasteiger partial charge in [-0.3, -0.25) is 0 Å². The molecule has 4 aromatic rings. The van der Waals surface area contributed by atoms with Gasteiger partial charge in [0.25, 0.3) is 0 Å². The number of anilines is 1. The lowest BCUT2D eigenvalue weighted by Gasteiger charge is -2.16. The number of hydrogen-bond donors (Lipinski definition) is 2. The predicted molar refractivity (Wildman–Crippen MR) is 116 cm³/mol. The second-order valence-corrected chi connectivity index (χ2v) is 7.29. The number of benzene rings is 3. The van der Waals surface area contributed by atoms with Gasteiger partial charge < -0.3 is 15.1 Å². The highest BCUT2D eigenvalue weighted by Gasteiger charge is 2.23. The molecule has 0 saturated heterocycles. The van der Waals surface area contributed by atoms with Gasteiger partial charge in [0.1, 0.15) is 11.9 Å². The molecule has 8 heteroatoms. The number of halogens is 2. The normalized spacial score (nSPS) is 11.7. The van der Waals surface area contributed by atoms with Crippen LogP contribution in [-0.4, -0.2) is 16.2 Å². The number of amides is 2. The highest BCUT2D eigenvalue weighted by atomic mass is 35.5. The molecule has 156 valence electrons. The van der Waals surface area contributed by atoms with Gasteiger partial charge in [-0.2, -0.15) is 0 Å². The summed E-state index contributed by atoms with van der Waals surface area (Å²) in [5, 5.41) is 14.3. The van der Waals surface area contributed by atoms with Crippen molar-refractivity contribution in [3.05, 3.63) is 101 Å². The fourth-order valence-corrected chi connectivity index (χ4v) is 3.09. The summed E-state index contributed by atoms with van der Waals surface area (Å²) < 4.78 is 19.6. The van der Waals surface area contributed by atoms with Crippen molar-refractivity contribution < 1.29 is 13.6 Å². The Kier molecular flexibility index (Phi) is 5.95. The third-order valence-corrected chi connectivity index (χ3v) is 4.87. The zero-order valence-electron chi connectivity index (χ0n) is 16.5. The molecule has 1 aromatic heterocycles. The Hall–Kier alpha value is -3.71. The molecule has 2 amide bonds. The molecule has 2 N–H and O–H groups in total. The van der Waals surface area contributed by atoms with E-state index in [1.807, 2.05) is 30.3 Å². The largest absolute Gasteiger partial charge is 0.418 e. The van der Waals surface area contributed by atoms with E-state index in [4.69, 9.17) is 16.0 Å². The van der Waals surface area contributed by atoms with Crippen LogP contribution in [0.5, 0.6) is 0 Å². The second kappa shape index (κ2) is 8.97. The first kappa shape index (κ1) is 20.6. The molecule has 0 radical (unpaired) electrons. The Labute approximate surface area is 183 Å². The number of aromatic nitrogens is 2. The van der Waals surface area contributed by atoms with E-state index in [2.05, 4.69) is 20.8 Å². The van der Waals surface area contributed by atoms with Crippen molar-refractivity contribution >= 4 is 23.3 Å². The van der Waals surface area contributed by atoms with E-state index in [1.165, 1.54) is 6.07 Å². The van der Waals surface area contributed by atoms with Crippen molar-refractivity contribution in [2.45, 2.75) is 13.0 Å². The Bertz CT molecular complexity index is 1200. The summed E-state index contributed by atoms with van der Waals surface area (Å²) in [5.41, 5.74) is 2.28. The van der Waals surface area contributed by atoms with Gasteiger partial charge in [-0.05, 0) is 54.4 Å². The van der Waals surface area contributed by atoms with Gasteiger partial charge in [0.05, 0.1) is 0 Å². The fourth-order valence-electron chi connectivity index (χ4n) is 2.96. The van der Waals surface area contributed by atoms with E-state index < -0.39 is 17.9 Å². The molecule has 1 atom stereocenters. The Morgan fingerprint density at radius 1 is 1.03 bits per heavy atom. The van der Waals surface area contributed by atoms with Crippen LogP contribution in [0, 0.1) is 12.7 Å². The molecule has 0 unspecified atom stereocenters. The fraction of sp³-hybridized carbons (Fsp3) is 0.0870. The molecule has 0 saturated carbocycles. The Morgan fingerprint density at radius 3 is 2.48 bits per heavy atom. The molecule has 3 aromatic carbocycles. The first-order valence-electron chi connectivity index (χ1n) is 9.47. The van der Waals surface area contributed by atoms with Crippen molar-refractivity contribution in [1.82, 2.24) is 15.5 Å². The van der Waals surface area contributed by atoms with E-state index in [9.17, 15) is 9.18 Å². The lowest BCUT2D eigenvalue weighted by atomic mass is 10.1. The van der Waals surface area contributed by atoms with Crippen molar-refractivity contribution in [3.8, 4) is 11.5 Å². The summed E-state index contributed by atoms with van der Waals surface area (Å²) in [6, 6.07) is 19.4. The zero-order valence-corrected chi connectivity index (χ0v) is 17.2. The van der Waals surface area contributed by atoms with Gasteiger partial charge in [-0.1, -0.05) is 48.0 Å². The van der Waals surface area contributed by atoms with Crippen molar-refractivity contribution in [2.24, 2.45) is 0 Å². The summed E-state index contributed by atoms with van der Waals surface area (Å²) in [6.07, 6.45) is 0. The van der Waals surface area contributed by atoms with E-state index >= 15 is 0 Å². The highest BCUT2D eigenvalue weighted by Crippen LogP contribution is 2.26. The van der Waals surface area contributed by atoms with Crippen molar-refractivity contribution in [2.75, 3.05) is 5.32 Å².